The van der Waals surface area contributed by atoms with Crippen molar-refractivity contribution in [2.75, 3.05) is 18.8 Å². The maximum Gasteiger partial charge on any atom is 0.191 e. The third-order valence-electron chi connectivity index (χ3n) is 4.22. The number of halogens is 2. The van der Waals surface area contributed by atoms with Crippen molar-refractivity contribution < 1.29 is 4.21 Å². The van der Waals surface area contributed by atoms with Crippen molar-refractivity contribution in [2.45, 2.75) is 57.2 Å². The molecule has 4 nitrogen and oxygen atoms in total. The van der Waals surface area contributed by atoms with Crippen molar-refractivity contribution in [2.24, 2.45) is 4.99 Å². The molecule has 2 rings (SSSR count). The number of nitrogens with one attached hydrogen (secondary N) is 2. The molecule has 1 aromatic heterocycles. The van der Waals surface area contributed by atoms with E-state index >= 15 is 0 Å². The second-order valence-electron chi connectivity index (χ2n) is 6.02. The van der Waals surface area contributed by atoms with E-state index in [0.717, 1.165) is 56.9 Å². The predicted molar refractivity (Wildman–Crippen MR) is 125 cm³/mol. The molecule has 2 N–H and O–H groups in total. The van der Waals surface area contributed by atoms with Crippen LogP contribution in [0, 0.1) is 0 Å². The number of hydrogen-bond donors (Lipinski definition) is 2. The van der Waals surface area contributed by atoms with E-state index in [0.29, 0.717) is 11.3 Å². The molecular weight excluding hydrogens is 533 g/mol. The first-order chi connectivity index (χ1) is 11.6. The molecular formula is C17H29BrIN3OS2. The Morgan fingerprint density at radius 2 is 2.20 bits per heavy atom. The summed E-state index contributed by atoms with van der Waals surface area (Å²) in [6.07, 6.45) is 5.33. The summed E-state index contributed by atoms with van der Waals surface area (Å²) in [5.41, 5.74) is 0. The molecule has 0 bridgehead atoms. The predicted octanol–water partition coefficient (Wildman–Crippen LogP) is 4.31. The van der Waals surface area contributed by atoms with Gasteiger partial charge in [0.1, 0.15) is 0 Å². The first-order valence-corrected chi connectivity index (χ1v) is 11.8. The molecule has 0 saturated heterocycles. The molecule has 0 spiro atoms. The van der Waals surface area contributed by atoms with Gasteiger partial charge in [-0.2, -0.15) is 0 Å². The topological polar surface area (TPSA) is 53.5 Å². The molecule has 144 valence electrons. The normalized spacial score (nSPS) is 22.1. The Labute approximate surface area is 183 Å². The second kappa shape index (κ2) is 12.7. The van der Waals surface area contributed by atoms with E-state index in [4.69, 9.17) is 4.99 Å². The average Bonchev–Trinajstić information content (AvgIpc) is 3.00. The van der Waals surface area contributed by atoms with E-state index in [9.17, 15) is 4.21 Å². The number of guanidine groups is 1. The first kappa shape index (κ1) is 23.4. The Balaban J connectivity index is 0.00000312. The lowest BCUT2D eigenvalue weighted by atomic mass is 9.95. The van der Waals surface area contributed by atoms with E-state index in [1.165, 1.54) is 8.66 Å². The minimum Gasteiger partial charge on any atom is -0.357 e. The maximum atomic E-state index is 12.1. The van der Waals surface area contributed by atoms with Gasteiger partial charge in [-0.15, -0.1) is 35.3 Å². The van der Waals surface area contributed by atoms with Crippen LogP contribution in [-0.4, -0.2) is 40.3 Å². The molecule has 8 heteroatoms. The fourth-order valence-corrected chi connectivity index (χ4v) is 5.85. The molecule has 1 heterocycles. The number of hydrogen-bond acceptors (Lipinski definition) is 3. The van der Waals surface area contributed by atoms with Crippen molar-refractivity contribution in [3.05, 3.63) is 20.8 Å². The molecule has 3 unspecified atom stereocenters. The number of thiophene rings is 1. The highest BCUT2D eigenvalue weighted by molar-refractivity contribution is 14.0. The van der Waals surface area contributed by atoms with E-state index in [1.54, 1.807) is 11.3 Å². The van der Waals surface area contributed by atoms with Crippen LogP contribution >= 0.6 is 51.2 Å². The zero-order valence-electron chi connectivity index (χ0n) is 14.9. The number of aliphatic imine (C=N–C) groups is 1. The van der Waals surface area contributed by atoms with Gasteiger partial charge >= 0.3 is 0 Å². The minimum atomic E-state index is -0.684. The molecule has 1 saturated carbocycles. The van der Waals surface area contributed by atoms with Gasteiger partial charge in [-0.1, -0.05) is 13.3 Å². The molecule has 0 aromatic carbocycles. The molecule has 0 radical (unpaired) electrons. The van der Waals surface area contributed by atoms with Crippen molar-refractivity contribution in [3.63, 3.8) is 0 Å². The fraction of sp³-hybridized carbons (Fsp3) is 0.706. The van der Waals surface area contributed by atoms with Gasteiger partial charge < -0.3 is 10.6 Å². The number of nitrogens with zero attached hydrogens (tertiary/aromatic N) is 1. The van der Waals surface area contributed by atoms with Crippen LogP contribution in [0.2, 0.25) is 0 Å². The summed E-state index contributed by atoms with van der Waals surface area (Å²) in [5.74, 6) is 1.66. The molecule has 3 atom stereocenters. The summed E-state index contributed by atoms with van der Waals surface area (Å²) >= 11 is 5.27. The van der Waals surface area contributed by atoms with E-state index in [1.807, 2.05) is 6.92 Å². The van der Waals surface area contributed by atoms with Crippen LogP contribution < -0.4 is 10.6 Å². The van der Waals surface area contributed by atoms with Gasteiger partial charge in [0.25, 0.3) is 0 Å². The summed E-state index contributed by atoms with van der Waals surface area (Å²) < 4.78 is 13.3. The van der Waals surface area contributed by atoms with Crippen molar-refractivity contribution >= 4 is 68.0 Å². The zero-order valence-corrected chi connectivity index (χ0v) is 20.5. The maximum absolute atomic E-state index is 12.1. The van der Waals surface area contributed by atoms with Gasteiger partial charge in [-0.3, -0.25) is 9.20 Å². The third kappa shape index (κ3) is 8.26. The third-order valence-corrected chi connectivity index (χ3v) is 7.65. The van der Waals surface area contributed by atoms with Crippen LogP contribution in [0.3, 0.4) is 0 Å². The Kier molecular flexibility index (Phi) is 11.8. The SMILES string of the molecule is CCNC(=NCCc1ccc(Br)s1)NC1CCCC(S(=O)CC)C1.I. The highest BCUT2D eigenvalue weighted by atomic mass is 127. The standard InChI is InChI=1S/C17H28BrN3OS2.HI/c1-3-19-17(20-11-10-14-8-9-16(18)23-14)21-13-6-5-7-15(12-13)24(22)4-2;/h8-9,13,15H,3-7,10-12H2,1-2H3,(H2,19,20,21);1H. The van der Waals surface area contributed by atoms with Crippen molar-refractivity contribution in [1.82, 2.24) is 10.6 Å². The molecule has 25 heavy (non-hydrogen) atoms. The Bertz CT molecular complexity index is 568. The smallest absolute Gasteiger partial charge is 0.191 e. The number of rotatable bonds is 7. The first-order valence-electron chi connectivity index (χ1n) is 8.78. The van der Waals surface area contributed by atoms with Gasteiger partial charge in [0.15, 0.2) is 5.96 Å². The Morgan fingerprint density at radius 1 is 1.40 bits per heavy atom. The van der Waals surface area contributed by atoms with Gasteiger partial charge in [0.2, 0.25) is 0 Å². The molecule has 1 fully saturated rings. The molecule has 1 aromatic rings. The lowest BCUT2D eigenvalue weighted by molar-refractivity contribution is 0.413. The van der Waals surface area contributed by atoms with Gasteiger partial charge in [-0.05, 0) is 54.2 Å². The van der Waals surface area contributed by atoms with Crippen LogP contribution in [0.1, 0.15) is 44.4 Å². The Morgan fingerprint density at radius 3 is 2.84 bits per heavy atom. The van der Waals surface area contributed by atoms with E-state index < -0.39 is 10.8 Å². The van der Waals surface area contributed by atoms with Crippen LogP contribution in [0.15, 0.2) is 20.9 Å². The van der Waals surface area contributed by atoms with Gasteiger partial charge in [0, 0.05) is 52.2 Å². The quantitative estimate of drug-likeness (QED) is 0.296. The van der Waals surface area contributed by atoms with Gasteiger partial charge in [-0.25, -0.2) is 0 Å². The fourth-order valence-electron chi connectivity index (χ4n) is 3.03. The Hall–Kier alpha value is 0.330. The summed E-state index contributed by atoms with van der Waals surface area (Å²) in [7, 11) is -0.684. The molecule has 0 aliphatic heterocycles. The van der Waals surface area contributed by atoms with Crippen LogP contribution in [0.5, 0.6) is 0 Å². The van der Waals surface area contributed by atoms with E-state index in [-0.39, 0.29) is 24.0 Å². The van der Waals surface area contributed by atoms with Gasteiger partial charge in [0.05, 0.1) is 3.79 Å². The molecule has 1 aliphatic carbocycles. The van der Waals surface area contributed by atoms with Crippen molar-refractivity contribution in [3.8, 4) is 0 Å². The largest absolute Gasteiger partial charge is 0.357 e. The second-order valence-corrected chi connectivity index (χ2v) is 10.6. The lowest BCUT2D eigenvalue weighted by Crippen LogP contribution is -2.46. The summed E-state index contributed by atoms with van der Waals surface area (Å²) in [4.78, 5) is 6.06. The van der Waals surface area contributed by atoms with Crippen molar-refractivity contribution in [1.29, 1.82) is 0 Å². The van der Waals surface area contributed by atoms with Crippen LogP contribution in [-0.2, 0) is 17.2 Å². The highest BCUT2D eigenvalue weighted by Gasteiger charge is 2.25. The van der Waals surface area contributed by atoms with Crippen LogP contribution in [0.4, 0.5) is 0 Å². The monoisotopic (exact) mass is 561 g/mol. The summed E-state index contributed by atoms with van der Waals surface area (Å²) in [6, 6.07) is 4.62. The average molecular weight is 562 g/mol. The van der Waals surface area contributed by atoms with E-state index in [2.05, 4.69) is 45.6 Å². The van der Waals surface area contributed by atoms with Crippen LogP contribution in [0.25, 0.3) is 0 Å². The molecule has 0 amide bonds. The summed E-state index contributed by atoms with van der Waals surface area (Å²) in [6.45, 7) is 5.73. The minimum absolute atomic E-state index is 0. The molecule has 1 aliphatic rings. The lowest BCUT2D eigenvalue weighted by Gasteiger charge is -2.30. The highest BCUT2D eigenvalue weighted by Crippen LogP contribution is 2.23. The zero-order chi connectivity index (χ0) is 17.4. The summed E-state index contributed by atoms with van der Waals surface area (Å²) in [5, 5.41) is 7.23.